The maximum atomic E-state index is 12.0. The molecule has 1 N–H and O–H groups in total. The van der Waals surface area contributed by atoms with Crippen molar-refractivity contribution in [3.05, 3.63) is 47.0 Å². The molecule has 2 aromatic rings. The number of rotatable bonds is 6. The fourth-order valence-corrected chi connectivity index (χ4v) is 5.90. The molecule has 28 heavy (non-hydrogen) atoms. The van der Waals surface area contributed by atoms with Crippen molar-refractivity contribution in [1.29, 1.82) is 0 Å². The van der Waals surface area contributed by atoms with Gasteiger partial charge >= 0.3 is 0 Å². The third-order valence-electron chi connectivity index (χ3n) is 5.87. The lowest BCUT2D eigenvalue weighted by molar-refractivity contribution is 0.120. The fourth-order valence-electron chi connectivity index (χ4n) is 4.23. The lowest BCUT2D eigenvalue weighted by atomic mass is 9.71. The first-order chi connectivity index (χ1) is 13.5. The number of sulfonamides is 1. The van der Waals surface area contributed by atoms with Gasteiger partial charge in [0.25, 0.3) is 0 Å². The molecule has 0 saturated carbocycles. The van der Waals surface area contributed by atoms with Crippen molar-refractivity contribution in [2.75, 3.05) is 37.8 Å². The summed E-state index contributed by atoms with van der Waals surface area (Å²) in [6, 6.07) is 10.4. The molecule has 0 aliphatic carbocycles. The molecule has 2 saturated heterocycles. The number of benzene rings is 1. The molecule has 0 bridgehead atoms. The number of anilines is 1. The Morgan fingerprint density at radius 1 is 1.29 bits per heavy atom. The zero-order valence-electron chi connectivity index (χ0n) is 16.1. The fraction of sp³-hybridized carbons (Fsp3) is 0.550. The van der Waals surface area contributed by atoms with Crippen molar-refractivity contribution in [3.63, 3.8) is 0 Å². The van der Waals surface area contributed by atoms with E-state index < -0.39 is 10.0 Å². The number of nitrogens with one attached hydrogen (secondary N) is 1. The van der Waals surface area contributed by atoms with Crippen LogP contribution in [0.25, 0.3) is 0 Å². The summed E-state index contributed by atoms with van der Waals surface area (Å²) in [5.41, 5.74) is 1.99. The van der Waals surface area contributed by atoms with Gasteiger partial charge in [0.2, 0.25) is 10.0 Å². The first kappa shape index (κ1) is 19.8. The minimum Gasteiger partial charge on any atom is -0.376 e. The zero-order chi connectivity index (χ0) is 19.6. The maximum Gasteiger partial charge on any atom is 0.211 e. The second-order valence-corrected chi connectivity index (χ2v) is 10.5. The standard InChI is InChI=1S/C20H27N3O3S2/c1-28(24,25)23-11-9-20(10-12-23,16-6-3-2-4-7-16)18-15-27-19(22-18)21-14-17-8-5-13-26-17/h2-4,6-7,15,17H,5,8-14H2,1H3,(H,21,22). The SMILES string of the molecule is CS(=O)(=O)N1CCC(c2ccccc2)(c2csc(NCC3CCCO3)n2)CC1. The topological polar surface area (TPSA) is 71.5 Å². The Morgan fingerprint density at radius 3 is 2.68 bits per heavy atom. The Kier molecular flexibility index (Phi) is 5.73. The average Bonchev–Trinajstić information content (AvgIpc) is 3.38. The van der Waals surface area contributed by atoms with E-state index in [1.54, 1.807) is 15.6 Å². The van der Waals surface area contributed by atoms with Crippen LogP contribution in [0.1, 0.15) is 36.9 Å². The highest BCUT2D eigenvalue weighted by atomic mass is 32.2. The largest absolute Gasteiger partial charge is 0.376 e. The molecule has 2 aliphatic heterocycles. The van der Waals surface area contributed by atoms with Crippen molar-refractivity contribution >= 4 is 26.5 Å². The predicted molar refractivity (Wildman–Crippen MR) is 112 cm³/mol. The Balaban J connectivity index is 1.57. The van der Waals surface area contributed by atoms with Crippen LogP contribution in [0.4, 0.5) is 5.13 Å². The van der Waals surface area contributed by atoms with E-state index in [1.165, 1.54) is 11.8 Å². The van der Waals surface area contributed by atoms with Crippen LogP contribution in [0.2, 0.25) is 0 Å². The zero-order valence-corrected chi connectivity index (χ0v) is 17.8. The summed E-state index contributed by atoms with van der Waals surface area (Å²) in [4.78, 5) is 4.91. The van der Waals surface area contributed by atoms with Gasteiger partial charge in [-0.15, -0.1) is 11.3 Å². The normalized spacial score (nSPS) is 23.0. The highest BCUT2D eigenvalue weighted by molar-refractivity contribution is 7.88. The number of hydrogen-bond acceptors (Lipinski definition) is 6. The molecule has 2 aliphatic rings. The summed E-state index contributed by atoms with van der Waals surface area (Å²) in [5.74, 6) is 0. The summed E-state index contributed by atoms with van der Waals surface area (Å²) in [6.07, 6.45) is 5.26. The number of piperidine rings is 1. The highest BCUT2D eigenvalue weighted by Crippen LogP contribution is 2.43. The lowest BCUT2D eigenvalue weighted by Crippen LogP contribution is -2.45. The molecule has 8 heteroatoms. The van der Waals surface area contributed by atoms with Gasteiger partial charge < -0.3 is 10.1 Å². The molecule has 1 aromatic carbocycles. The Bertz CT molecular complexity index is 884. The van der Waals surface area contributed by atoms with Crippen LogP contribution in [0.5, 0.6) is 0 Å². The summed E-state index contributed by atoms with van der Waals surface area (Å²) in [5, 5.41) is 6.46. The first-order valence-electron chi connectivity index (χ1n) is 9.79. The van der Waals surface area contributed by atoms with Crippen molar-refractivity contribution in [1.82, 2.24) is 9.29 Å². The van der Waals surface area contributed by atoms with E-state index in [9.17, 15) is 8.42 Å². The van der Waals surface area contributed by atoms with Gasteiger partial charge in [-0.25, -0.2) is 17.7 Å². The summed E-state index contributed by atoms with van der Waals surface area (Å²) < 4.78 is 31.2. The summed E-state index contributed by atoms with van der Waals surface area (Å²) >= 11 is 1.62. The molecule has 0 amide bonds. The van der Waals surface area contributed by atoms with Gasteiger partial charge in [-0.3, -0.25) is 0 Å². The minimum absolute atomic E-state index is 0.247. The number of aromatic nitrogens is 1. The number of ether oxygens (including phenoxy) is 1. The van der Waals surface area contributed by atoms with Crippen molar-refractivity contribution in [3.8, 4) is 0 Å². The predicted octanol–water partition coefficient (Wildman–Crippen LogP) is 3.08. The Morgan fingerprint density at radius 2 is 2.04 bits per heavy atom. The van der Waals surface area contributed by atoms with E-state index in [4.69, 9.17) is 9.72 Å². The molecule has 6 nitrogen and oxygen atoms in total. The Labute approximate surface area is 171 Å². The Hall–Kier alpha value is -1.48. The van der Waals surface area contributed by atoms with Crippen LogP contribution >= 0.6 is 11.3 Å². The summed E-state index contributed by atoms with van der Waals surface area (Å²) in [7, 11) is -3.16. The van der Waals surface area contributed by atoms with Gasteiger partial charge in [0.15, 0.2) is 5.13 Å². The molecule has 1 atom stereocenters. The maximum absolute atomic E-state index is 12.0. The van der Waals surface area contributed by atoms with Crippen molar-refractivity contribution < 1.29 is 13.2 Å². The minimum atomic E-state index is -3.16. The van der Waals surface area contributed by atoms with Crippen LogP contribution in [-0.4, -0.2) is 56.3 Å². The third-order valence-corrected chi connectivity index (χ3v) is 7.97. The molecule has 152 valence electrons. The lowest BCUT2D eigenvalue weighted by Gasteiger charge is -2.40. The van der Waals surface area contributed by atoms with Crippen LogP contribution in [0, 0.1) is 0 Å². The first-order valence-corrected chi connectivity index (χ1v) is 12.5. The monoisotopic (exact) mass is 421 g/mol. The molecule has 1 unspecified atom stereocenters. The van der Waals surface area contributed by atoms with E-state index in [1.807, 2.05) is 18.2 Å². The molecule has 0 radical (unpaired) electrons. The van der Waals surface area contributed by atoms with Gasteiger partial charge in [0, 0.05) is 37.0 Å². The van der Waals surface area contributed by atoms with Crippen LogP contribution < -0.4 is 5.32 Å². The van der Waals surface area contributed by atoms with Gasteiger partial charge in [0.05, 0.1) is 18.1 Å². The van der Waals surface area contributed by atoms with E-state index in [0.717, 1.165) is 49.7 Å². The smallest absolute Gasteiger partial charge is 0.211 e. The van der Waals surface area contributed by atoms with E-state index >= 15 is 0 Å². The number of nitrogens with zero attached hydrogens (tertiary/aromatic N) is 2. The van der Waals surface area contributed by atoms with E-state index in [-0.39, 0.29) is 11.5 Å². The van der Waals surface area contributed by atoms with E-state index in [2.05, 4.69) is 22.8 Å². The molecular weight excluding hydrogens is 394 g/mol. The quantitative estimate of drug-likeness (QED) is 0.776. The van der Waals surface area contributed by atoms with Gasteiger partial charge in [-0.2, -0.15) is 0 Å². The van der Waals surface area contributed by atoms with Crippen LogP contribution in [0.3, 0.4) is 0 Å². The molecule has 4 rings (SSSR count). The molecule has 3 heterocycles. The molecule has 0 spiro atoms. The summed E-state index contributed by atoms with van der Waals surface area (Å²) in [6.45, 7) is 2.67. The van der Waals surface area contributed by atoms with Crippen molar-refractivity contribution in [2.45, 2.75) is 37.2 Å². The average molecular weight is 422 g/mol. The molecule has 2 fully saturated rings. The van der Waals surface area contributed by atoms with E-state index in [0.29, 0.717) is 13.1 Å². The number of hydrogen-bond donors (Lipinski definition) is 1. The second kappa shape index (κ2) is 8.10. The molecular formula is C20H27N3O3S2. The second-order valence-electron chi connectivity index (χ2n) is 7.66. The van der Waals surface area contributed by atoms with Crippen LogP contribution in [-0.2, 0) is 20.2 Å². The highest BCUT2D eigenvalue weighted by Gasteiger charge is 2.41. The third kappa shape index (κ3) is 4.10. The van der Waals surface area contributed by atoms with Crippen molar-refractivity contribution in [2.24, 2.45) is 0 Å². The van der Waals surface area contributed by atoms with Gasteiger partial charge in [-0.05, 0) is 31.2 Å². The van der Waals surface area contributed by atoms with Crippen LogP contribution in [0.15, 0.2) is 35.7 Å². The van der Waals surface area contributed by atoms with Gasteiger partial charge in [-0.1, -0.05) is 30.3 Å². The molecule has 1 aromatic heterocycles. The number of thiazole rings is 1. The van der Waals surface area contributed by atoms with Gasteiger partial charge in [0.1, 0.15) is 0 Å².